The molecule has 0 bridgehead atoms. The third-order valence-electron chi connectivity index (χ3n) is 7.39. The zero-order valence-electron chi connectivity index (χ0n) is 27.9. The first-order valence-electron chi connectivity index (χ1n) is 16.1. The summed E-state index contributed by atoms with van der Waals surface area (Å²) in [6.07, 6.45) is 0.823. The summed E-state index contributed by atoms with van der Waals surface area (Å²) >= 11 is 0. The minimum absolute atomic E-state index is 0.105. The van der Waals surface area contributed by atoms with E-state index in [1.165, 1.54) is 6.92 Å². The van der Waals surface area contributed by atoms with Crippen molar-refractivity contribution in [2.24, 2.45) is 32.9 Å². The number of fused-ring (bicyclic) bond motifs is 1. The molecule has 3 aromatic carbocycles. The summed E-state index contributed by atoms with van der Waals surface area (Å²) in [6, 6.07) is 18.2. The van der Waals surface area contributed by atoms with Crippen molar-refractivity contribution in [3.63, 3.8) is 0 Å². The fraction of sp³-hybridized carbons (Fsp3) is 0.324. The average molecular weight is 688 g/mol. The molecule has 0 aliphatic rings. The fourth-order valence-electron chi connectivity index (χ4n) is 4.81. The van der Waals surface area contributed by atoms with Gasteiger partial charge in [0.1, 0.15) is 18.1 Å². The van der Waals surface area contributed by atoms with Gasteiger partial charge in [-0.3, -0.25) is 34.0 Å². The largest absolute Gasteiger partial charge is 0.370 e. The first kappa shape index (κ1) is 38.3. The van der Waals surface area contributed by atoms with Gasteiger partial charge in [-0.2, -0.15) is 0 Å². The number of anilines is 1. The summed E-state index contributed by atoms with van der Waals surface area (Å²) in [5.41, 5.74) is 22.6. The number of nitrogens with zero attached hydrogens (tertiary/aromatic N) is 2. The molecule has 0 radical (unpaired) electrons. The van der Waals surface area contributed by atoms with E-state index in [2.05, 4.69) is 36.6 Å². The van der Waals surface area contributed by atoms with Crippen molar-refractivity contribution in [1.29, 1.82) is 0 Å². The third-order valence-corrected chi connectivity index (χ3v) is 7.39. The Bertz CT molecular complexity index is 1690. The second-order valence-corrected chi connectivity index (χ2v) is 11.4. The molecule has 266 valence electrons. The van der Waals surface area contributed by atoms with E-state index in [0.717, 1.165) is 10.8 Å². The molecule has 0 unspecified atom stereocenters. The molecule has 3 rings (SSSR count). The lowest BCUT2D eigenvalue weighted by atomic mass is 10.1. The molecule has 0 heterocycles. The van der Waals surface area contributed by atoms with Gasteiger partial charge in [0.25, 0.3) is 5.91 Å². The second-order valence-electron chi connectivity index (χ2n) is 11.4. The smallest absolute Gasteiger partial charge is 0.251 e. The Kier molecular flexibility index (Phi) is 15.0. The molecule has 16 nitrogen and oxygen atoms in total. The van der Waals surface area contributed by atoms with Gasteiger partial charge in [-0.25, -0.2) is 0 Å². The van der Waals surface area contributed by atoms with Crippen molar-refractivity contribution in [2.45, 2.75) is 50.7 Å². The number of rotatable bonds is 18. The molecule has 5 amide bonds. The van der Waals surface area contributed by atoms with E-state index in [9.17, 15) is 24.0 Å². The van der Waals surface area contributed by atoms with E-state index in [0.29, 0.717) is 24.1 Å². The van der Waals surface area contributed by atoms with Gasteiger partial charge in [0.05, 0.1) is 6.54 Å². The summed E-state index contributed by atoms with van der Waals surface area (Å²) < 4.78 is 0. The number of hydrogen-bond acceptors (Lipinski definition) is 7. The van der Waals surface area contributed by atoms with E-state index in [1.807, 2.05) is 36.4 Å². The van der Waals surface area contributed by atoms with Crippen molar-refractivity contribution in [1.82, 2.24) is 21.3 Å². The molecule has 0 saturated carbocycles. The van der Waals surface area contributed by atoms with Crippen LogP contribution in [0.15, 0.2) is 82.8 Å². The summed E-state index contributed by atoms with van der Waals surface area (Å²) in [4.78, 5) is 73.1. The molecular weight excluding hydrogens is 642 g/mol. The van der Waals surface area contributed by atoms with Crippen LogP contribution in [-0.2, 0) is 19.2 Å². The number of carbonyl (C=O) groups is 5. The molecule has 0 aromatic heterocycles. The molecule has 0 spiro atoms. The number of amides is 5. The number of benzene rings is 3. The lowest BCUT2D eigenvalue weighted by Crippen LogP contribution is -2.56. The predicted octanol–water partition coefficient (Wildman–Crippen LogP) is -0.210. The highest BCUT2D eigenvalue weighted by Gasteiger charge is 2.28. The minimum atomic E-state index is -1.12. The van der Waals surface area contributed by atoms with Gasteiger partial charge in [-0.15, -0.1) is 0 Å². The van der Waals surface area contributed by atoms with Gasteiger partial charge in [0, 0.05) is 24.3 Å². The molecule has 0 saturated heterocycles. The third kappa shape index (κ3) is 13.1. The number of nitrogens with two attached hydrogens (primary N) is 4. The highest BCUT2D eigenvalue weighted by molar-refractivity contribution is 6.00. The quantitative estimate of drug-likeness (QED) is 0.0485. The maximum Gasteiger partial charge on any atom is 0.251 e. The van der Waals surface area contributed by atoms with Crippen LogP contribution in [0.5, 0.6) is 0 Å². The zero-order chi connectivity index (χ0) is 36.5. The summed E-state index contributed by atoms with van der Waals surface area (Å²) in [6.45, 7) is 1.47. The monoisotopic (exact) mass is 687 g/mol. The normalized spacial score (nSPS) is 12.3. The molecule has 13 N–H and O–H groups in total. The number of carbonyl (C=O) groups excluding carboxylic acids is 5. The maximum atomic E-state index is 13.6. The van der Waals surface area contributed by atoms with Gasteiger partial charge in [-0.1, -0.05) is 48.5 Å². The van der Waals surface area contributed by atoms with Crippen molar-refractivity contribution in [2.75, 3.05) is 25.0 Å². The Morgan fingerprint density at radius 2 is 1.22 bits per heavy atom. The van der Waals surface area contributed by atoms with Gasteiger partial charge in [0.15, 0.2) is 11.9 Å². The van der Waals surface area contributed by atoms with Crippen LogP contribution in [0.2, 0.25) is 0 Å². The Morgan fingerprint density at radius 1 is 0.660 bits per heavy atom. The molecule has 0 aliphatic heterocycles. The van der Waals surface area contributed by atoms with Crippen LogP contribution in [0.25, 0.3) is 10.8 Å². The second kappa shape index (κ2) is 19.6. The topological polar surface area (TPSA) is 274 Å². The lowest BCUT2D eigenvalue weighted by molar-refractivity contribution is -0.133. The van der Waals surface area contributed by atoms with Gasteiger partial charge in [0.2, 0.25) is 23.6 Å². The average Bonchev–Trinajstić information content (AvgIpc) is 3.09. The molecule has 16 heteroatoms. The van der Waals surface area contributed by atoms with Crippen LogP contribution in [0.4, 0.5) is 5.69 Å². The molecule has 50 heavy (non-hydrogen) atoms. The number of nitrogens with one attached hydrogen (secondary N) is 5. The predicted molar refractivity (Wildman–Crippen MR) is 193 cm³/mol. The molecule has 3 atom stereocenters. The maximum absolute atomic E-state index is 13.6. The molecule has 3 aromatic rings. The first-order valence-corrected chi connectivity index (χ1v) is 16.1. The van der Waals surface area contributed by atoms with E-state index in [-0.39, 0.29) is 37.9 Å². The van der Waals surface area contributed by atoms with Crippen LogP contribution in [0.3, 0.4) is 0 Å². The summed E-state index contributed by atoms with van der Waals surface area (Å²) in [5, 5.41) is 15.2. The van der Waals surface area contributed by atoms with Crippen LogP contribution in [0.1, 0.15) is 43.0 Å². The van der Waals surface area contributed by atoms with Gasteiger partial charge < -0.3 is 49.5 Å². The van der Waals surface area contributed by atoms with Crippen molar-refractivity contribution in [3.05, 3.63) is 78.4 Å². The highest BCUT2D eigenvalue weighted by Crippen LogP contribution is 2.19. The van der Waals surface area contributed by atoms with E-state index < -0.39 is 54.2 Å². The highest BCUT2D eigenvalue weighted by atomic mass is 16.2. The van der Waals surface area contributed by atoms with E-state index >= 15 is 0 Å². The van der Waals surface area contributed by atoms with Crippen molar-refractivity contribution in [3.8, 4) is 0 Å². The Hall–Kier alpha value is -6.19. The first-order chi connectivity index (χ1) is 23.9. The lowest BCUT2D eigenvalue weighted by Gasteiger charge is -2.24. The fourth-order valence-corrected chi connectivity index (χ4v) is 4.81. The minimum Gasteiger partial charge on any atom is -0.370 e. The SMILES string of the molecule is C[C@H](NC(=O)[C@H](CCCN=C(N)N)NC(=O)[C@H](CCCN=C(N)N)NC(=O)CNC(=O)c1ccccc1)C(=O)Nc1ccc2ccccc2c1. The number of guanidine groups is 2. The number of aliphatic imine (C=N–C) groups is 2. The Balaban J connectivity index is 1.68. The van der Waals surface area contributed by atoms with Crippen molar-refractivity contribution >= 4 is 57.9 Å². The van der Waals surface area contributed by atoms with Crippen LogP contribution < -0.4 is 49.5 Å². The van der Waals surface area contributed by atoms with Crippen LogP contribution in [-0.4, -0.2) is 79.2 Å². The Morgan fingerprint density at radius 3 is 1.84 bits per heavy atom. The molecular formula is C34H45N11O5. The summed E-state index contributed by atoms with van der Waals surface area (Å²) in [5.74, 6) is -3.14. The molecule has 0 aliphatic carbocycles. The number of hydrogen-bond donors (Lipinski definition) is 9. The van der Waals surface area contributed by atoms with Crippen LogP contribution in [0, 0.1) is 0 Å². The van der Waals surface area contributed by atoms with E-state index in [4.69, 9.17) is 22.9 Å². The Labute approximate surface area is 289 Å². The zero-order valence-corrected chi connectivity index (χ0v) is 27.9. The molecule has 0 fully saturated rings. The summed E-state index contributed by atoms with van der Waals surface area (Å²) in [7, 11) is 0. The van der Waals surface area contributed by atoms with Gasteiger partial charge in [-0.05, 0) is 67.6 Å². The van der Waals surface area contributed by atoms with E-state index in [1.54, 1.807) is 36.4 Å². The van der Waals surface area contributed by atoms with Crippen molar-refractivity contribution < 1.29 is 24.0 Å². The van der Waals surface area contributed by atoms with Crippen LogP contribution >= 0.6 is 0 Å². The standard InChI is InChI=1S/C34H45N11O5/c1-21(29(47)43-25-16-15-22-9-5-6-12-24(22)19-25)42-31(49)27(14-8-18-40-34(37)38)45-32(50)26(13-7-17-39-33(35)36)44-28(46)20-41-30(48)23-10-3-2-4-11-23/h2-6,9-12,15-16,19,21,26-27H,7-8,13-14,17-18,20H2,1H3,(H,41,48)(H,42,49)(H,43,47)(H,44,46)(H,45,50)(H4,35,36,39)(H4,37,38,40)/t21-,26-,27-/m0/s1. The van der Waals surface area contributed by atoms with Gasteiger partial charge >= 0.3 is 0 Å².